The van der Waals surface area contributed by atoms with Gasteiger partial charge in [0.2, 0.25) is 0 Å². The molecule has 2 aromatic rings. The van der Waals surface area contributed by atoms with Gasteiger partial charge >= 0.3 is 0 Å². The number of hydrogen-bond acceptors (Lipinski definition) is 2. The number of aliphatic hydroxyl groups excluding tert-OH is 1. The minimum absolute atomic E-state index is 0.150. The molecule has 0 aliphatic heterocycles. The summed E-state index contributed by atoms with van der Waals surface area (Å²) in [4.78, 5) is 0.971. The van der Waals surface area contributed by atoms with Gasteiger partial charge in [0.05, 0.1) is 6.10 Å². The molecule has 0 aliphatic rings. The first-order chi connectivity index (χ1) is 8.08. The van der Waals surface area contributed by atoms with Crippen molar-refractivity contribution in [3.63, 3.8) is 0 Å². The van der Waals surface area contributed by atoms with Crippen LogP contribution in [0.2, 0.25) is 0 Å². The van der Waals surface area contributed by atoms with Crippen LogP contribution < -0.4 is 0 Å². The van der Waals surface area contributed by atoms with Crippen LogP contribution in [0.1, 0.15) is 22.1 Å². The molecule has 0 saturated heterocycles. The summed E-state index contributed by atoms with van der Waals surface area (Å²) in [5, 5.41) is 11.8. The minimum Gasteiger partial charge on any atom is -0.388 e. The smallest absolute Gasteiger partial charge is 0.131 e. The Morgan fingerprint density at radius 1 is 1.29 bits per heavy atom. The third kappa shape index (κ3) is 2.70. The number of benzene rings is 1. The standard InChI is InChI=1S/C13H12F2OS/c1-8-5-10(12(15)7-11(8)14)13(16)6-9-3-2-4-17-9/h2-5,7,13,16H,6H2,1H3. The largest absolute Gasteiger partial charge is 0.388 e. The Kier molecular flexibility index (Phi) is 3.54. The topological polar surface area (TPSA) is 20.2 Å². The summed E-state index contributed by atoms with van der Waals surface area (Å²) in [6, 6.07) is 5.94. The van der Waals surface area contributed by atoms with Crippen LogP contribution in [-0.4, -0.2) is 5.11 Å². The van der Waals surface area contributed by atoms with Gasteiger partial charge in [-0.25, -0.2) is 8.78 Å². The number of aliphatic hydroxyl groups is 1. The summed E-state index contributed by atoms with van der Waals surface area (Å²) in [6.07, 6.45) is -0.590. The zero-order chi connectivity index (χ0) is 12.4. The summed E-state index contributed by atoms with van der Waals surface area (Å²) < 4.78 is 26.6. The van der Waals surface area contributed by atoms with Gasteiger partial charge in [-0.15, -0.1) is 11.3 Å². The van der Waals surface area contributed by atoms with Gasteiger partial charge in [0.15, 0.2) is 0 Å². The lowest BCUT2D eigenvalue weighted by molar-refractivity contribution is 0.174. The zero-order valence-corrected chi connectivity index (χ0v) is 10.1. The fraction of sp³-hybridized carbons (Fsp3) is 0.231. The molecule has 17 heavy (non-hydrogen) atoms. The van der Waals surface area contributed by atoms with Gasteiger partial charge in [0.25, 0.3) is 0 Å². The van der Waals surface area contributed by atoms with Crippen LogP contribution in [0.15, 0.2) is 29.6 Å². The van der Waals surface area contributed by atoms with Crippen molar-refractivity contribution in [1.82, 2.24) is 0 Å². The van der Waals surface area contributed by atoms with Crippen molar-refractivity contribution in [2.75, 3.05) is 0 Å². The number of rotatable bonds is 3. The van der Waals surface area contributed by atoms with Crippen LogP contribution in [0.5, 0.6) is 0 Å². The molecule has 90 valence electrons. The molecule has 2 rings (SSSR count). The van der Waals surface area contributed by atoms with Crippen molar-refractivity contribution in [3.8, 4) is 0 Å². The SMILES string of the molecule is Cc1cc(C(O)Cc2cccs2)c(F)cc1F. The quantitative estimate of drug-likeness (QED) is 0.887. The Balaban J connectivity index is 2.24. The maximum absolute atomic E-state index is 13.5. The number of thiophene rings is 1. The Labute approximate surface area is 102 Å². The van der Waals surface area contributed by atoms with Crippen molar-refractivity contribution >= 4 is 11.3 Å². The summed E-state index contributed by atoms with van der Waals surface area (Å²) >= 11 is 1.50. The van der Waals surface area contributed by atoms with Crippen LogP contribution in [0, 0.1) is 18.6 Å². The van der Waals surface area contributed by atoms with Crippen molar-refractivity contribution in [2.24, 2.45) is 0 Å². The van der Waals surface area contributed by atoms with Gasteiger partial charge in [-0.05, 0) is 30.0 Å². The van der Waals surface area contributed by atoms with Crippen molar-refractivity contribution in [3.05, 3.63) is 57.3 Å². The molecule has 0 fully saturated rings. The summed E-state index contributed by atoms with van der Waals surface area (Å²) in [6.45, 7) is 1.55. The van der Waals surface area contributed by atoms with Crippen LogP contribution >= 0.6 is 11.3 Å². The number of hydrogen-bond donors (Lipinski definition) is 1. The Bertz CT molecular complexity index is 508. The van der Waals surface area contributed by atoms with E-state index in [4.69, 9.17) is 0 Å². The third-order valence-electron chi connectivity index (χ3n) is 2.61. The Morgan fingerprint density at radius 2 is 2.06 bits per heavy atom. The van der Waals surface area contributed by atoms with E-state index in [1.54, 1.807) is 6.92 Å². The first kappa shape index (κ1) is 12.2. The third-order valence-corrected chi connectivity index (χ3v) is 3.51. The maximum Gasteiger partial charge on any atom is 0.131 e. The van der Waals surface area contributed by atoms with Crippen molar-refractivity contribution < 1.29 is 13.9 Å². The van der Waals surface area contributed by atoms with E-state index in [0.29, 0.717) is 12.0 Å². The van der Waals surface area contributed by atoms with E-state index in [0.717, 1.165) is 10.9 Å². The normalized spacial score (nSPS) is 12.7. The summed E-state index contributed by atoms with van der Waals surface area (Å²) in [5.41, 5.74) is 0.490. The molecule has 1 N–H and O–H groups in total. The van der Waals surface area contributed by atoms with Crippen LogP contribution in [0.3, 0.4) is 0 Å². The van der Waals surface area contributed by atoms with Crippen LogP contribution in [0.25, 0.3) is 0 Å². The molecule has 1 aromatic heterocycles. The van der Waals surface area contributed by atoms with Gasteiger partial charge in [-0.2, -0.15) is 0 Å². The zero-order valence-electron chi connectivity index (χ0n) is 9.28. The predicted octanol–water partition coefficient (Wildman–Crippen LogP) is 3.61. The molecule has 1 unspecified atom stereocenters. The average Bonchev–Trinajstić information content (AvgIpc) is 2.76. The van der Waals surface area contributed by atoms with Crippen molar-refractivity contribution in [1.29, 1.82) is 0 Å². The monoisotopic (exact) mass is 254 g/mol. The lowest BCUT2D eigenvalue weighted by Gasteiger charge is -2.12. The van der Waals surface area contributed by atoms with Gasteiger partial charge in [0.1, 0.15) is 11.6 Å². The fourth-order valence-electron chi connectivity index (χ4n) is 1.66. The molecule has 0 saturated carbocycles. The summed E-state index contributed by atoms with van der Waals surface area (Å²) in [7, 11) is 0. The number of halogens is 2. The molecule has 0 aliphatic carbocycles. The van der Waals surface area contributed by atoms with Gasteiger partial charge in [0, 0.05) is 22.9 Å². The highest BCUT2D eigenvalue weighted by Crippen LogP contribution is 2.25. The molecule has 0 amide bonds. The molecule has 0 spiro atoms. The lowest BCUT2D eigenvalue weighted by atomic mass is 10.0. The van der Waals surface area contributed by atoms with E-state index in [-0.39, 0.29) is 5.56 Å². The second-order valence-electron chi connectivity index (χ2n) is 3.92. The predicted molar refractivity (Wildman–Crippen MR) is 64.1 cm³/mol. The first-order valence-electron chi connectivity index (χ1n) is 5.24. The minimum atomic E-state index is -0.937. The second kappa shape index (κ2) is 4.94. The van der Waals surface area contributed by atoms with E-state index < -0.39 is 17.7 Å². The van der Waals surface area contributed by atoms with Gasteiger partial charge < -0.3 is 5.11 Å². The van der Waals surface area contributed by atoms with E-state index >= 15 is 0 Å². The molecule has 1 heterocycles. The van der Waals surface area contributed by atoms with Crippen molar-refractivity contribution in [2.45, 2.75) is 19.4 Å². The van der Waals surface area contributed by atoms with E-state index in [9.17, 15) is 13.9 Å². The molecule has 1 aromatic carbocycles. The van der Waals surface area contributed by atoms with Gasteiger partial charge in [-0.1, -0.05) is 6.07 Å². The molecular weight excluding hydrogens is 242 g/mol. The highest BCUT2D eigenvalue weighted by atomic mass is 32.1. The molecule has 4 heteroatoms. The van der Waals surface area contributed by atoms with Crippen LogP contribution in [-0.2, 0) is 6.42 Å². The number of aryl methyl sites for hydroxylation is 1. The van der Waals surface area contributed by atoms with Crippen LogP contribution in [0.4, 0.5) is 8.78 Å². The fourth-order valence-corrected chi connectivity index (χ4v) is 2.41. The van der Waals surface area contributed by atoms with Gasteiger partial charge in [-0.3, -0.25) is 0 Å². The van der Waals surface area contributed by atoms with E-state index in [1.165, 1.54) is 17.4 Å². The highest BCUT2D eigenvalue weighted by molar-refractivity contribution is 7.09. The molecule has 1 atom stereocenters. The van der Waals surface area contributed by atoms with E-state index in [1.807, 2.05) is 17.5 Å². The molecule has 0 radical (unpaired) electrons. The average molecular weight is 254 g/mol. The van der Waals surface area contributed by atoms with E-state index in [2.05, 4.69) is 0 Å². The molecule has 0 bridgehead atoms. The molecular formula is C13H12F2OS. The lowest BCUT2D eigenvalue weighted by Crippen LogP contribution is -2.05. The Hall–Kier alpha value is -1.26. The maximum atomic E-state index is 13.5. The Morgan fingerprint density at radius 3 is 2.71 bits per heavy atom. The second-order valence-corrected chi connectivity index (χ2v) is 4.95. The molecule has 1 nitrogen and oxygen atoms in total. The highest BCUT2D eigenvalue weighted by Gasteiger charge is 2.16. The summed E-state index contributed by atoms with van der Waals surface area (Å²) in [5.74, 6) is -1.29. The first-order valence-corrected chi connectivity index (χ1v) is 6.12.